The molecule has 6 heteroatoms. The van der Waals surface area contributed by atoms with Crippen LogP contribution in [0.15, 0.2) is 18.5 Å². The largest absolute Gasteiger partial charge is 0.343 e. The maximum Gasteiger partial charge on any atom is 0.156 e. The predicted octanol–water partition coefficient (Wildman–Crippen LogP) is 2.41. The SMILES string of the molecule is Cc1nc(-c2ncc[nH]2)cc([C@H]2CCCN2C2CCN(C)CC2)n1. The van der Waals surface area contributed by atoms with Crippen LogP contribution in [0.3, 0.4) is 0 Å². The summed E-state index contributed by atoms with van der Waals surface area (Å²) < 4.78 is 0. The summed E-state index contributed by atoms with van der Waals surface area (Å²) in [5.74, 6) is 1.65. The molecule has 6 nitrogen and oxygen atoms in total. The number of hydrogen-bond acceptors (Lipinski definition) is 5. The van der Waals surface area contributed by atoms with Gasteiger partial charge in [-0.25, -0.2) is 15.0 Å². The zero-order chi connectivity index (χ0) is 16.5. The molecular formula is C18H26N6. The molecule has 2 fully saturated rings. The lowest BCUT2D eigenvalue weighted by molar-refractivity contribution is 0.108. The van der Waals surface area contributed by atoms with Crippen molar-refractivity contribution in [1.82, 2.24) is 29.7 Å². The quantitative estimate of drug-likeness (QED) is 0.938. The minimum atomic E-state index is 0.425. The summed E-state index contributed by atoms with van der Waals surface area (Å²) in [6.45, 7) is 5.58. The Balaban J connectivity index is 1.60. The van der Waals surface area contributed by atoms with E-state index >= 15 is 0 Å². The van der Waals surface area contributed by atoms with Gasteiger partial charge in [-0.2, -0.15) is 0 Å². The van der Waals surface area contributed by atoms with Crippen molar-refractivity contribution in [2.45, 2.75) is 44.7 Å². The summed E-state index contributed by atoms with van der Waals surface area (Å²) in [5.41, 5.74) is 2.06. The van der Waals surface area contributed by atoms with E-state index < -0.39 is 0 Å². The number of aromatic amines is 1. The van der Waals surface area contributed by atoms with Crippen molar-refractivity contribution in [1.29, 1.82) is 0 Å². The fourth-order valence-electron chi connectivity index (χ4n) is 4.16. The summed E-state index contributed by atoms with van der Waals surface area (Å²) in [6.07, 6.45) is 8.60. The van der Waals surface area contributed by atoms with Gasteiger partial charge in [0.25, 0.3) is 0 Å². The van der Waals surface area contributed by atoms with Crippen molar-refractivity contribution >= 4 is 0 Å². The third kappa shape index (κ3) is 3.08. The zero-order valence-electron chi connectivity index (χ0n) is 14.6. The van der Waals surface area contributed by atoms with Crippen LogP contribution in [0.25, 0.3) is 11.5 Å². The summed E-state index contributed by atoms with van der Waals surface area (Å²) in [7, 11) is 2.22. The zero-order valence-corrected chi connectivity index (χ0v) is 14.6. The minimum Gasteiger partial charge on any atom is -0.343 e. The van der Waals surface area contributed by atoms with Crippen molar-refractivity contribution in [3.63, 3.8) is 0 Å². The number of hydrogen-bond donors (Lipinski definition) is 1. The second-order valence-corrected chi connectivity index (χ2v) is 7.09. The molecule has 1 atom stereocenters. The van der Waals surface area contributed by atoms with Crippen LogP contribution in [-0.2, 0) is 0 Å². The van der Waals surface area contributed by atoms with Gasteiger partial charge in [0.2, 0.25) is 0 Å². The molecule has 4 heterocycles. The van der Waals surface area contributed by atoms with Crippen molar-refractivity contribution < 1.29 is 0 Å². The third-order valence-electron chi connectivity index (χ3n) is 5.39. The summed E-state index contributed by atoms with van der Waals surface area (Å²) >= 11 is 0. The van der Waals surface area contributed by atoms with Crippen LogP contribution in [0.4, 0.5) is 0 Å². The lowest BCUT2D eigenvalue weighted by Gasteiger charge is -2.38. The minimum absolute atomic E-state index is 0.425. The number of aromatic nitrogens is 4. The molecule has 0 radical (unpaired) electrons. The van der Waals surface area contributed by atoms with Crippen molar-refractivity contribution in [3.05, 3.63) is 30.0 Å². The molecule has 2 aliphatic rings. The molecule has 2 aliphatic heterocycles. The predicted molar refractivity (Wildman–Crippen MR) is 93.6 cm³/mol. The van der Waals surface area contributed by atoms with Gasteiger partial charge in [-0.3, -0.25) is 4.90 Å². The molecule has 0 saturated carbocycles. The first-order valence-corrected chi connectivity index (χ1v) is 9.00. The van der Waals surface area contributed by atoms with Crippen LogP contribution in [0.1, 0.15) is 43.2 Å². The second-order valence-electron chi connectivity index (χ2n) is 7.09. The average molecular weight is 326 g/mol. The highest BCUT2D eigenvalue weighted by atomic mass is 15.2. The number of H-pyrrole nitrogens is 1. The van der Waals surface area contributed by atoms with E-state index in [0.717, 1.165) is 23.0 Å². The van der Waals surface area contributed by atoms with Gasteiger partial charge in [0, 0.05) is 18.4 Å². The first kappa shape index (κ1) is 15.7. The van der Waals surface area contributed by atoms with Crippen LogP contribution in [0, 0.1) is 6.92 Å². The third-order valence-corrected chi connectivity index (χ3v) is 5.39. The molecule has 0 aromatic carbocycles. The van der Waals surface area contributed by atoms with Crippen LogP contribution in [-0.4, -0.2) is 62.5 Å². The summed E-state index contributed by atoms with van der Waals surface area (Å²) in [4.78, 5) is 22.0. The van der Waals surface area contributed by atoms with Crippen LogP contribution in [0.2, 0.25) is 0 Å². The van der Waals surface area contributed by atoms with Gasteiger partial charge in [0.1, 0.15) is 11.5 Å². The highest BCUT2D eigenvalue weighted by Gasteiger charge is 2.34. The molecule has 24 heavy (non-hydrogen) atoms. The molecule has 2 aromatic rings. The standard InChI is InChI=1S/C18H26N6/c1-13-21-15(12-16(22-13)18-19-7-8-20-18)17-4-3-9-24(17)14-5-10-23(2)11-6-14/h7-8,12,14,17H,3-6,9-11H2,1-2H3,(H,19,20)/t17-/m1/s1. The van der Waals surface area contributed by atoms with Gasteiger partial charge >= 0.3 is 0 Å². The molecule has 0 amide bonds. The molecule has 0 aliphatic carbocycles. The molecule has 2 aromatic heterocycles. The number of aryl methyl sites for hydroxylation is 1. The maximum atomic E-state index is 4.78. The molecule has 2 saturated heterocycles. The highest BCUT2D eigenvalue weighted by molar-refractivity contribution is 5.49. The first-order valence-electron chi connectivity index (χ1n) is 9.00. The Morgan fingerprint density at radius 2 is 1.96 bits per heavy atom. The van der Waals surface area contributed by atoms with E-state index in [2.05, 4.69) is 37.9 Å². The molecule has 0 bridgehead atoms. The number of rotatable bonds is 3. The van der Waals surface area contributed by atoms with Crippen LogP contribution >= 0.6 is 0 Å². The van der Waals surface area contributed by atoms with Crippen molar-refractivity contribution in [3.8, 4) is 11.5 Å². The first-order chi connectivity index (χ1) is 11.7. The van der Waals surface area contributed by atoms with E-state index in [-0.39, 0.29) is 0 Å². The molecule has 128 valence electrons. The normalized spacial score (nSPS) is 23.8. The maximum absolute atomic E-state index is 4.78. The number of imidazole rings is 1. The Bertz CT molecular complexity index is 675. The van der Waals surface area contributed by atoms with Gasteiger partial charge in [-0.05, 0) is 65.4 Å². The Kier molecular flexibility index (Phi) is 4.33. The Morgan fingerprint density at radius 3 is 2.71 bits per heavy atom. The molecule has 1 N–H and O–H groups in total. The monoisotopic (exact) mass is 326 g/mol. The van der Waals surface area contributed by atoms with Gasteiger partial charge in [0.05, 0.1) is 11.7 Å². The number of nitrogens with zero attached hydrogens (tertiary/aromatic N) is 5. The Hall–Kier alpha value is -1.79. The van der Waals surface area contributed by atoms with Gasteiger partial charge in [-0.15, -0.1) is 0 Å². The van der Waals surface area contributed by atoms with Gasteiger partial charge in [-0.1, -0.05) is 0 Å². The van der Waals surface area contributed by atoms with E-state index in [1.54, 1.807) is 6.20 Å². The summed E-state index contributed by atoms with van der Waals surface area (Å²) in [6, 6.07) is 3.24. The number of likely N-dealkylation sites (tertiary alicyclic amines) is 2. The second kappa shape index (κ2) is 6.61. The number of piperidine rings is 1. The van der Waals surface area contributed by atoms with E-state index in [4.69, 9.17) is 4.98 Å². The van der Waals surface area contributed by atoms with Crippen LogP contribution in [0.5, 0.6) is 0 Å². The topological polar surface area (TPSA) is 60.9 Å². The molecular weight excluding hydrogens is 300 g/mol. The van der Waals surface area contributed by atoms with E-state index in [9.17, 15) is 0 Å². The average Bonchev–Trinajstić information content (AvgIpc) is 3.27. The smallest absolute Gasteiger partial charge is 0.156 e. The lowest BCUT2D eigenvalue weighted by Crippen LogP contribution is -2.43. The van der Waals surface area contributed by atoms with Gasteiger partial charge < -0.3 is 9.88 Å². The Morgan fingerprint density at radius 1 is 1.12 bits per heavy atom. The van der Waals surface area contributed by atoms with E-state index in [0.29, 0.717) is 12.1 Å². The van der Waals surface area contributed by atoms with Gasteiger partial charge in [0.15, 0.2) is 5.82 Å². The molecule has 0 unspecified atom stereocenters. The molecule has 0 spiro atoms. The fraction of sp³-hybridized carbons (Fsp3) is 0.611. The van der Waals surface area contributed by atoms with Crippen molar-refractivity contribution in [2.75, 3.05) is 26.7 Å². The fourth-order valence-corrected chi connectivity index (χ4v) is 4.16. The van der Waals surface area contributed by atoms with E-state index in [1.165, 1.54) is 45.3 Å². The summed E-state index contributed by atoms with van der Waals surface area (Å²) in [5, 5.41) is 0. The van der Waals surface area contributed by atoms with Crippen LogP contribution < -0.4 is 0 Å². The molecule has 4 rings (SSSR count). The van der Waals surface area contributed by atoms with E-state index in [1.807, 2.05) is 13.1 Å². The lowest BCUT2D eigenvalue weighted by atomic mass is 10.0. The highest BCUT2D eigenvalue weighted by Crippen LogP contribution is 2.36. The number of nitrogens with one attached hydrogen (secondary N) is 1. The Labute approximate surface area is 143 Å². The van der Waals surface area contributed by atoms with Crippen molar-refractivity contribution in [2.24, 2.45) is 0 Å².